The molecule has 0 radical (unpaired) electrons. The van der Waals surface area contributed by atoms with Gasteiger partial charge < -0.3 is 0 Å². The molecular weight excluding hydrogens is 234 g/mol. The van der Waals surface area contributed by atoms with Crippen molar-refractivity contribution in [1.29, 1.82) is 0 Å². The molecule has 0 aromatic carbocycles. The monoisotopic (exact) mass is 245 g/mol. The van der Waals surface area contributed by atoms with Crippen LogP contribution in [0.15, 0.2) is 30.7 Å². The highest BCUT2D eigenvalue weighted by Crippen LogP contribution is 2.34. The van der Waals surface area contributed by atoms with Crippen molar-refractivity contribution in [3.8, 4) is 0 Å². The standard InChI is InChI=1S/C13H12ClN3/c14-12-7-11(16-8-17-12)10-5-1-3-9-4-2-6-15-13(9)10/h2,4,6-8,10H,1,3,5H2. The molecule has 17 heavy (non-hydrogen) atoms. The summed E-state index contributed by atoms with van der Waals surface area (Å²) in [5.74, 6) is 0.264. The van der Waals surface area contributed by atoms with Crippen molar-refractivity contribution in [2.75, 3.05) is 0 Å². The summed E-state index contributed by atoms with van der Waals surface area (Å²) in [6.45, 7) is 0. The fraction of sp³-hybridized carbons (Fsp3) is 0.308. The largest absolute Gasteiger partial charge is 0.260 e. The van der Waals surface area contributed by atoms with E-state index >= 15 is 0 Å². The van der Waals surface area contributed by atoms with Gasteiger partial charge >= 0.3 is 0 Å². The molecular formula is C13H12ClN3. The topological polar surface area (TPSA) is 38.7 Å². The quantitative estimate of drug-likeness (QED) is 0.725. The van der Waals surface area contributed by atoms with Crippen LogP contribution < -0.4 is 0 Å². The lowest BCUT2D eigenvalue weighted by atomic mass is 9.84. The molecule has 0 bridgehead atoms. The van der Waals surface area contributed by atoms with Gasteiger partial charge in [0.2, 0.25) is 0 Å². The Morgan fingerprint density at radius 3 is 3.06 bits per heavy atom. The maximum atomic E-state index is 5.92. The highest BCUT2D eigenvalue weighted by molar-refractivity contribution is 6.29. The Morgan fingerprint density at radius 1 is 1.24 bits per heavy atom. The zero-order chi connectivity index (χ0) is 11.7. The number of fused-ring (bicyclic) bond motifs is 1. The van der Waals surface area contributed by atoms with Crippen LogP contribution in [0.1, 0.15) is 35.7 Å². The van der Waals surface area contributed by atoms with E-state index in [1.807, 2.05) is 18.3 Å². The number of pyridine rings is 1. The molecule has 1 aliphatic rings. The summed E-state index contributed by atoms with van der Waals surface area (Å²) in [5, 5.41) is 0.498. The number of nitrogens with zero attached hydrogens (tertiary/aromatic N) is 3. The van der Waals surface area contributed by atoms with Crippen molar-refractivity contribution in [2.45, 2.75) is 25.2 Å². The molecule has 1 aliphatic carbocycles. The van der Waals surface area contributed by atoms with Gasteiger partial charge in [0.05, 0.1) is 11.4 Å². The van der Waals surface area contributed by atoms with Crippen LogP contribution in [0, 0.1) is 0 Å². The van der Waals surface area contributed by atoms with Gasteiger partial charge in [-0.3, -0.25) is 4.98 Å². The average Bonchev–Trinajstić information content (AvgIpc) is 2.38. The number of hydrogen-bond donors (Lipinski definition) is 0. The Hall–Kier alpha value is -1.48. The third-order valence-corrected chi connectivity index (χ3v) is 3.41. The number of hydrogen-bond acceptors (Lipinski definition) is 3. The second-order valence-electron chi connectivity index (χ2n) is 4.26. The van der Waals surface area contributed by atoms with Gasteiger partial charge in [0.1, 0.15) is 11.5 Å². The Morgan fingerprint density at radius 2 is 2.18 bits per heavy atom. The molecule has 0 saturated heterocycles. The maximum Gasteiger partial charge on any atom is 0.132 e. The van der Waals surface area contributed by atoms with Crippen molar-refractivity contribution in [3.05, 3.63) is 52.8 Å². The summed E-state index contributed by atoms with van der Waals surface area (Å²) in [5.41, 5.74) is 3.46. The van der Waals surface area contributed by atoms with E-state index in [1.165, 1.54) is 18.3 Å². The number of halogens is 1. The van der Waals surface area contributed by atoms with Gasteiger partial charge in [-0.15, -0.1) is 0 Å². The van der Waals surface area contributed by atoms with Gasteiger partial charge in [0.25, 0.3) is 0 Å². The average molecular weight is 246 g/mol. The lowest BCUT2D eigenvalue weighted by Crippen LogP contribution is -2.14. The molecule has 0 saturated carbocycles. The highest BCUT2D eigenvalue weighted by atomic mass is 35.5. The molecule has 0 spiro atoms. The molecule has 1 atom stereocenters. The molecule has 2 aromatic rings. The SMILES string of the molecule is Clc1cc(C2CCCc3cccnc32)ncn1. The zero-order valence-electron chi connectivity index (χ0n) is 9.31. The first-order valence-corrected chi connectivity index (χ1v) is 6.13. The minimum atomic E-state index is 0.264. The lowest BCUT2D eigenvalue weighted by Gasteiger charge is -2.23. The number of aryl methyl sites for hydroxylation is 1. The summed E-state index contributed by atoms with van der Waals surface area (Å²) in [6, 6.07) is 5.99. The van der Waals surface area contributed by atoms with Gasteiger partial charge in [0.15, 0.2) is 0 Å². The minimum Gasteiger partial charge on any atom is -0.260 e. The van der Waals surface area contributed by atoms with Crippen LogP contribution >= 0.6 is 11.6 Å². The third-order valence-electron chi connectivity index (χ3n) is 3.21. The smallest absolute Gasteiger partial charge is 0.132 e. The molecule has 0 aliphatic heterocycles. The van der Waals surface area contributed by atoms with Crippen LogP contribution in [0.3, 0.4) is 0 Å². The minimum absolute atomic E-state index is 0.264. The Labute approximate surface area is 105 Å². The summed E-state index contributed by atoms with van der Waals surface area (Å²) in [7, 11) is 0. The van der Waals surface area contributed by atoms with E-state index in [0.717, 1.165) is 24.2 Å². The summed E-state index contributed by atoms with van der Waals surface area (Å²) in [4.78, 5) is 12.8. The van der Waals surface area contributed by atoms with Crippen molar-refractivity contribution in [2.24, 2.45) is 0 Å². The van der Waals surface area contributed by atoms with E-state index < -0.39 is 0 Å². The van der Waals surface area contributed by atoms with Crippen LogP contribution in [0.4, 0.5) is 0 Å². The first-order valence-electron chi connectivity index (χ1n) is 5.76. The molecule has 1 unspecified atom stereocenters. The van der Waals surface area contributed by atoms with E-state index in [4.69, 9.17) is 11.6 Å². The van der Waals surface area contributed by atoms with Crippen LogP contribution in [0.5, 0.6) is 0 Å². The zero-order valence-corrected chi connectivity index (χ0v) is 10.1. The lowest BCUT2D eigenvalue weighted by molar-refractivity contribution is 0.586. The Kier molecular flexibility index (Phi) is 2.77. The first kappa shape index (κ1) is 10.7. The number of rotatable bonds is 1. The molecule has 3 rings (SSSR count). The Bertz CT molecular complexity index is 542. The van der Waals surface area contributed by atoms with Crippen molar-refractivity contribution in [3.63, 3.8) is 0 Å². The molecule has 0 amide bonds. The molecule has 4 heteroatoms. The molecule has 2 aromatic heterocycles. The van der Waals surface area contributed by atoms with Crippen molar-refractivity contribution < 1.29 is 0 Å². The highest BCUT2D eigenvalue weighted by Gasteiger charge is 2.24. The number of aromatic nitrogens is 3. The van der Waals surface area contributed by atoms with E-state index in [2.05, 4.69) is 21.0 Å². The Balaban J connectivity index is 2.06. The summed E-state index contributed by atoms with van der Waals surface area (Å²) >= 11 is 5.92. The van der Waals surface area contributed by atoms with E-state index in [0.29, 0.717) is 5.15 Å². The van der Waals surface area contributed by atoms with Gasteiger partial charge in [-0.2, -0.15) is 0 Å². The van der Waals surface area contributed by atoms with Crippen molar-refractivity contribution >= 4 is 11.6 Å². The van der Waals surface area contributed by atoms with Crippen LogP contribution in [0.2, 0.25) is 5.15 Å². The van der Waals surface area contributed by atoms with Crippen molar-refractivity contribution in [1.82, 2.24) is 15.0 Å². The normalized spacial score (nSPS) is 18.8. The van der Waals surface area contributed by atoms with Gasteiger partial charge in [-0.05, 0) is 37.0 Å². The fourth-order valence-corrected chi connectivity index (χ4v) is 2.59. The summed E-state index contributed by atoms with van der Waals surface area (Å²) < 4.78 is 0. The second kappa shape index (κ2) is 4.41. The predicted octanol–water partition coefficient (Wildman–Crippen LogP) is 2.99. The molecule has 86 valence electrons. The van der Waals surface area contributed by atoms with Gasteiger partial charge in [0, 0.05) is 12.1 Å². The molecule has 0 fully saturated rings. The third kappa shape index (κ3) is 2.03. The maximum absolute atomic E-state index is 5.92. The van der Waals surface area contributed by atoms with E-state index in [1.54, 1.807) is 0 Å². The predicted molar refractivity (Wildman–Crippen MR) is 66.1 cm³/mol. The van der Waals surface area contributed by atoms with E-state index in [-0.39, 0.29) is 5.92 Å². The van der Waals surface area contributed by atoms with Gasteiger partial charge in [-0.1, -0.05) is 17.7 Å². The van der Waals surface area contributed by atoms with Gasteiger partial charge in [-0.25, -0.2) is 9.97 Å². The first-order chi connectivity index (χ1) is 8.34. The molecule has 2 heterocycles. The summed E-state index contributed by atoms with van der Waals surface area (Å²) in [6.07, 6.45) is 6.73. The fourth-order valence-electron chi connectivity index (χ4n) is 2.44. The second-order valence-corrected chi connectivity index (χ2v) is 4.65. The van der Waals surface area contributed by atoms with Crippen LogP contribution in [0.25, 0.3) is 0 Å². The molecule has 0 N–H and O–H groups in total. The van der Waals surface area contributed by atoms with Crippen LogP contribution in [-0.2, 0) is 6.42 Å². The van der Waals surface area contributed by atoms with E-state index in [9.17, 15) is 0 Å². The molecule has 3 nitrogen and oxygen atoms in total. The van der Waals surface area contributed by atoms with Crippen LogP contribution in [-0.4, -0.2) is 15.0 Å².